The van der Waals surface area contributed by atoms with Gasteiger partial charge in [-0.05, 0) is 31.4 Å². The Kier molecular flexibility index (Phi) is 5.16. The predicted molar refractivity (Wildman–Crippen MR) is 55.4 cm³/mol. The van der Waals surface area contributed by atoms with Gasteiger partial charge in [0, 0.05) is 7.11 Å². The van der Waals surface area contributed by atoms with Gasteiger partial charge in [-0.3, -0.25) is 0 Å². The smallest absolute Gasteiger partial charge is 0.453 e. The topological polar surface area (TPSA) is 18.5 Å². The minimum atomic E-state index is -1.02. The summed E-state index contributed by atoms with van der Waals surface area (Å²) in [6.45, 7) is 2.00. The Hall–Kier alpha value is -0.283. The lowest BCUT2D eigenvalue weighted by Crippen LogP contribution is -2.12. The fourth-order valence-electron chi connectivity index (χ4n) is 1.62. The minimum absolute atomic E-state index is 0.750. The van der Waals surface area contributed by atoms with Crippen LogP contribution in [0.3, 0.4) is 0 Å². The Morgan fingerprint density at radius 2 is 1.92 bits per heavy atom. The summed E-state index contributed by atoms with van der Waals surface area (Å²) in [5.74, 6) is 0.750. The van der Waals surface area contributed by atoms with Gasteiger partial charge in [0.05, 0.1) is 6.26 Å². The van der Waals surface area contributed by atoms with Gasteiger partial charge in [0.25, 0.3) is 0 Å². The first kappa shape index (κ1) is 10.8. The van der Waals surface area contributed by atoms with E-state index in [9.17, 15) is 0 Å². The van der Waals surface area contributed by atoms with Crippen LogP contribution in [0.25, 0.3) is 0 Å². The second kappa shape index (κ2) is 6.21. The fourth-order valence-corrected chi connectivity index (χ4v) is 1.99. The Morgan fingerprint density at radius 1 is 1.23 bits per heavy atom. The molecule has 0 atom stereocenters. The van der Waals surface area contributed by atoms with Gasteiger partial charge in [-0.15, -0.1) is 0 Å². The van der Waals surface area contributed by atoms with Crippen molar-refractivity contribution in [1.82, 2.24) is 0 Å². The molecule has 1 radical (unpaired) electrons. The van der Waals surface area contributed by atoms with Gasteiger partial charge in [-0.25, -0.2) is 0 Å². The molecule has 1 fully saturated rings. The van der Waals surface area contributed by atoms with Gasteiger partial charge in [-0.1, -0.05) is 19.3 Å². The maximum absolute atomic E-state index is 5.39. The van der Waals surface area contributed by atoms with E-state index in [1.54, 1.807) is 7.11 Å². The summed E-state index contributed by atoms with van der Waals surface area (Å²) in [5, 5.41) is 0. The summed E-state index contributed by atoms with van der Waals surface area (Å²) >= 11 is 0. The molecule has 0 aliphatic heterocycles. The first-order chi connectivity index (χ1) is 6.33. The Balaban J connectivity index is 2.14. The third kappa shape index (κ3) is 4.48. The van der Waals surface area contributed by atoms with Crippen LogP contribution < -0.4 is 0 Å². The molecule has 2 nitrogen and oxygen atoms in total. The van der Waals surface area contributed by atoms with Crippen LogP contribution in [-0.4, -0.2) is 16.4 Å². The quantitative estimate of drug-likeness (QED) is 0.512. The van der Waals surface area contributed by atoms with Crippen LogP contribution in [0.1, 0.15) is 32.1 Å². The Morgan fingerprint density at radius 3 is 2.54 bits per heavy atom. The zero-order chi connectivity index (χ0) is 9.52. The highest BCUT2D eigenvalue weighted by atomic mass is 28.3. The molecule has 1 aliphatic rings. The molecule has 0 aromatic rings. The third-order valence-corrected chi connectivity index (χ3v) is 3.56. The first-order valence-corrected chi connectivity index (χ1v) is 6.85. The molecular formula is C10H19O2Si. The zero-order valence-electron chi connectivity index (χ0n) is 8.58. The largest absolute Gasteiger partial charge is 0.526 e. The van der Waals surface area contributed by atoms with Crippen molar-refractivity contribution in [2.75, 3.05) is 7.11 Å². The molecule has 0 unspecified atom stereocenters. The number of allylic oxidation sites excluding steroid dienone is 1. The van der Waals surface area contributed by atoms with Crippen LogP contribution in [0.15, 0.2) is 12.3 Å². The minimum Gasteiger partial charge on any atom is -0.526 e. The average Bonchev–Trinajstić information content (AvgIpc) is 2.19. The second-order valence-corrected chi connectivity index (χ2v) is 5.17. The van der Waals surface area contributed by atoms with Crippen LogP contribution in [0.2, 0.25) is 6.55 Å². The highest BCUT2D eigenvalue weighted by Gasteiger charge is 2.10. The molecular weight excluding hydrogens is 180 g/mol. The van der Waals surface area contributed by atoms with Crippen molar-refractivity contribution in [2.45, 2.75) is 38.7 Å². The van der Waals surface area contributed by atoms with Gasteiger partial charge in [-0.2, -0.15) is 0 Å². The molecule has 0 N–H and O–H groups in total. The summed E-state index contributed by atoms with van der Waals surface area (Å²) in [6, 6.07) is 0. The van der Waals surface area contributed by atoms with Gasteiger partial charge >= 0.3 is 9.28 Å². The van der Waals surface area contributed by atoms with Crippen molar-refractivity contribution in [2.24, 2.45) is 5.92 Å². The molecule has 1 rings (SSSR count). The Bertz CT molecular complexity index is 153. The van der Waals surface area contributed by atoms with Crippen LogP contribution in [0, 0.1) is 5.92 Å². The van der Waals surface area contributed by atoms with Crippen molar-refractivity contribution in [3.8, 4) is 0 Å². The molecule has 75 valence electrons. The molecule has 0 bridgehead atoms. The monoisotopic (exact) mass is 199 g/mol. The van der Waals surface area contributed by atoms with Crippen molar-refractivity contribution >= 4 is 9.28 Å². The van der Waals surface area contributed by atoms with Crippen molar-refractivity contribution in [3.05, 3.63) is 12.3 Å². The maximum Gasteiger partial charge on any atom is 0.453 e. The lowest BCUT2D eigenvalue weighted by Gasteiger charge is -2.17. The van der Waals surface area contributed by atoms with E-state index < -0.39 is 9.28 Å². The number of hydrogen-bond acceptors (Lipinski definition) is 2. The Labute approximate surface area is 82.8 Å². The van der Waals surface area contributed by atoms with Crippen LogP contribution in [-0.2, 0) is 8.85 Å². The van der Waals surface area contributed by atoms with Crippen molar-refractivity contribution in [1.29, 1.82) is 0 Å². The summed E-state index contributed by atoms with van der Waals surface area (Å²) in [6.07, 6.45) is 10.9. The normalized spacial score (nSPS) is 19.9. The maximum atomic E-state index is 5.39. The summed E-state index contributed by atoms with van der Waals surface area (Å²) in [4.78, 5) is 0. The second-order valence-electron chi connectivity index (χ2n) is 3.54. The number of hydrogen-bond donors (Lipinski definition) is 0. The molecule has 0 amide bonds. The molecule has 3 heteroatoms. The molecule has 0 saturated heterocycles. The van der Waals surface area contributed by atoms with Gasteiger partial charge in [0.1, 0.15) is 0 Å². The van der Waals surface area contributed by atoms with E-state index in [0.717, 1.165) is 5.92 Å². The zero-order valence-corrected chi connectivity index (χ0v) is 9.58. The van der Waals surface area contributed by atoms with E-state index in [1.165, 1.54) is 32.1 Å². The summed E-state index contributed by atoms with van der Waals surface area (Å²) in [5.41, 5.74) is 0. The molecule has 0 spiro atoms. The van der Waals surface area contributed by atoms with E-state index in [-0.39, 0.29) is 0 Å². The third-order valence-electron chi connectivity index (χ3n) is 2.52. The van der Waals surface area contributed by atoms with E-state index >= 15 is 0 Å². The highest BCUT2D eigenvalue weighted by molar-refractivity contribution is 6.42. The molecule has 0 heterocycles. The lowest BCUT2D eigenvalue weighted by atomic mass is 9.89. The standard InChI is InChI=1S/C10H19O2Si/c1-11-13(2)12-9-8-10-6-4-3-5-7-10/h8-10H,3-7H2,1-2H3. The lowest BCUT2D eigenvalue weighted by molar-refractivity contribution is 0.310. The molecule has 1 aliphatic carbocycles. The van der Waals surface area contributed by atoms with E-state index in [1.807, 2.05) is 12.8 Å². The van der Waals surface area contributed by atoms with Gasteiger partial charge < -0.3 is 8.85 Å². The fraction of sp³-hybridized carbons (Fsp3) is 0.800. The van der Waals surface area contributed by atoms with Gasteiger partial charge in [0.2, 0.25) is 0 Å². The van der Waals surface area contributed by atoms with E-state index in [4.69, 9.17) is 8.85 Å². The van der Waals surface area contributed by atoms with E-state index in [2.05, 4.69) is 6.08 Å². The molecule has 1 saturated carbocycles. The molecule has 0 aromatic carbocycles. The average molecular weight is 199 g/mol. The summed E-state index contributed by atoms with van der Waals surface area (Å²) in [7, 11) is 0.681. The van der Waals surface area contributed by atoms with Crippen LogP contribution in [0.5, 0.6) is 0 Å². The van der Waals surface area contributed by atoms with Crippen LogP contribution >= 0.6 is 0 Å². The summed E-state index contributed by atoms with van der Waals surface area (Å²) < 4.78 is 10.5. The van der Waals surface area contributed by atoms with Crippen molar-refractivity contribution in [3.63, 3.8) is 0 Å². The number of rotatable bonds is 4. The van der Waals surface area contributed by atoms with E-state index in [0.29, 0.717) is 0 Å². The molecule has 0 aromatic heterocycles. The first-order valence-electron chi connectivity index (χ1n) is 5.04. The van der Waals surface area contributed by atoms with Crippen molar-refractivity contribution < 1.29 is 8.85 Å². The highest BCUT2D eigenvalue weighted by Crippen LogP contribution is 2.24. The predicted octanol–water partition coefficient (Wildman–Crippen LogP) is 2.86. The van der Waals surface area contributed by atoms with Gasteiger partial charge in [0.15, 0.2) is 0 Å². The SMILES string of the molecule is CO[Si](C)OC=CC1CCCCC1. The molecule has 13 heavy (non-hydrogen) atoms. The van der Waals surface area contributed by atoms with Crippen LogP contribution in [0.4, 0.5) is 0 Å².